The highest BCUT2D eigenvalue weighted by Crippen LogP contribution is 2.48. The Morgan fingerprint density at radius 1 is 1.41 bits per heavy atom. The van der Waals surface area contributed by atoms with Crippen molar-refractivity contribution in [3.8, 4) is 5.75 Å². The minimum Gasteiger partial charge on any atom is -0.478 e. The van der Waals surface area contributed by atoms with Gasteiger partial charge in [-0.25, -0.2) is 4.79 Å². The van der Waals surface area contributed by atoms with Crippen LogP contribution in [-0.2, 0) is 4.79 Å². The summed E-state index contributed by atoms with van der Waals surface area (Å²) in [5.74, 6) is -1.68. The summed E-state index contributed by atoms with van der Waals surface area (Å²) in [5.41, 5.74) is -3.43. The third-order valence-corrected chi connectivity index (χ3v) is 3.80. The van der Waals surface area contributed by atoms with Gasteiger partial charge in [0.1, 0.15) is 5.75 Å². The van der Waals surface area contributed by atoms with Gasteiger partial charge < -0.3 is 9.84 Å². The number of carboxylic acid groups (broad SMARTS) is 1. The SMILES string of the molecule is CCCCC1(C(F)(F)F)Oc2ccc(Cl)cc2C=C1C(=O)O. The lowest BCUT2D eigenvalue weighted by atomic mass is 9.84. The number of fused-ring (bicyclic) bond motifs is 1. The summed E-state index contributed by atoms with van der Waals surface area (Å²) in [7, 11) is 0. The molecule has 120 valence electrons. The van der Waals surface area contributed by atoms with Gasteiger partial charge >= 0.3 is 12.1 Å². The van der Waals surface area contributed by atoms with Crippen LogP contribution in [0.3, 0.4) is 0 Å². The van der Waals surface area contributed by atoms with Gasteiger partial charge in [-0.1, -0.05) is 24.9 Å². The van der Waals surface area contributed by atoms with Gasteiger partial charge in [0.05, 0.1) is 5.57 Å². The summed E-state index contributed by atoms with van der Waals surface area (Å²) < 4.78 is 46.1. The number of benzene rings is 1. The van der Waals surface area contributed by atoms with Gasteiger partial charge in [-0.15, -0.1) is 0 Å². The fourth-order valence-electron chi connectivity index (χ4n) is 2.44. The second-order valence-corrected chi connectivity index (χ2v) is 5.51. The van der Waals surface area contributed by atoms with E-state index in [4.69, 9.17) is 16.3 Å². The summed E-state index contributed by atoms with van der Waals surface area (Å²) >= 11 is 5.79. The third-order valence-electron chi connectivity index (χ3n) is 3.56. The van der Waals surface area contributed by atoms with E-state index in [1.807, 2.05) is 0 Å². The average molecular weight is 335 g/mol. The van der Waals surface area contributed by atoms with Gasteiger partial charge in [0.2, 0.25) is 5.60 Å². The Hall–Kier alpha value is -1.69. The van der Waals surface area contributed by atoms with E-state index in [0.717, 1.165) is 6.08 Å². The summed E-state index contributed by atoms with van der Waals surface area (Å²) in [6.07, 6.45) is -3.62. The van der Waals surface area contributed by atoms with Gasteiger partial charge in [0, 0.05) is 17.0 Å². The fraction of sp³-hybridized carbons (Fsp3) is 0.400. The van der Waals surface area contributed by atoms with E-state index in [1.54, 1.807) is 6.92 Å². The number of hydrogen-bond acceptors (Lipinski definition) is 2. The normalized spacial score (nSPS) is 20.9. The first-order valence-corrected chi connectivity index (χ1v) is 7.10. The number of hydrogen-bond donors (Lipinski definition) is 1. The maximum Gasteiger partial charge on any atom is 0.432 e. The molecule has 1 aliphatic heterocycles. The minimum atomic E-state index is -4.84. The molecule has 0 amide bonds. The Labute approximate surface area is 130 Å². The molecule has 7 heteroatoms. The monoisotopic (exact) mass is 334 g/mol. The first-order chi connectivity index (χ1) is 10.2. The zero-order valence-electron chi connectivity index (χ0n) is 11.7. The molecular weight excluding hydrogens is 321 g/mol. The fourth-order valence-corrected chi connectivity index (χ4v) is 2.62. The Balaban J connectivity index is 2.63. The second kappa shape index (κ2) is 5.83. The number of carboxylic acids is 1. The number of alkyl halides is 3. The lowest BCUT2D eigenvalue weighted by Crippen LogP contribution is -2.54. The van der Waals surface area contributed by atoms with Crippen LogP contribution >= 0.6 is 11.6 Å². The van der Waals surface area contributed by atoms with Crippen LogP contribution in [0.25, 0.3) is 6.08 Å². The number of aliphatic carboxylic acids is 1. The summed E-state index contributed by atoms with van der Waals surface area (Å²) in [5, 5.41) is 9.54. The van der Waals surface area contributed by atoms with Crippen molar-refractivity contribution < 1.29 is 27.8 Å². The van der Waals surface area contributed by atoms with E-state index < -0.39 is 29.7 Å². The molecule has 1 aliphatic rings. The van der Waals surface area contributed by atoms with E-state index in [1.165, 1.54) is 18.2 Å². The molecule has 0 aliphatic carbocycles. The van der Waals surface area contributed by atoms with Crippen molar-refractivity contribution in [1.29, 1.82) is 0 Å². The van der Waals surface area contributed by atoms with Crippen LogP contribution < -0.4 is 4.74 Å². The quantitative estimate of drug-likeness (QED) is 0.868. The molecule has 3 nitrogen and oxygen atoms in total. The molecule has 0 bridgehead atoms. The molecule has 1 aromatic carbocycles. The van der Waals surface area contributed by atoms with Crippen molar-refractivity contribution >= 4 is 23.6 Å². The van der Waals surface area contributed by atoms with Crippen molar-refractivity contribution in [3.05, 3.63) is 34.4 Å². The lowest BCUT2D eigenvalue weighted by molar-refractivity contribution is -0.238. The molecule has 1 aromatic rings. The molecule has 22 heavy (non-hydrogen) atoms. The summed E-state index contributed by atoms with van der Waals surface area (Å²) in [4.78, 5) is 11.4. The van der Waals surface area contributed by atoms with Crippen LogP contribution in [-0.4, -0.2) is 22.9 Å². The molecule has 1 N–H and O–H groups in total. The van der Waals surface area contributed by atoms with E-state index in [9.17, 15) is 23.1 Å². The first kappa shape index (κ1) is 16.7. The predicted molar refractivity (Wildman–Crippen MR) is 76.0 cm³/mol. The minimum absolute atomic E-state index is 0.0252. The summed E-state index contributed by atoms with van der Waals surface area (Å²) in [6.45, 7) is 1.73. The topological polar surface area (TPSA) is 46.5 Å². The van der Waals surface area contributed by atoms with Crippen LogP contribution in [0.4, 0.5) is 13.2 Å². The van der Waals surface area contributed by atoms with E-state index in [2.05, 4.69) is 0 Å². The second-order valence-electron chi connectivity index (χ2n) is 5.08. The highest BCUT2D eigenvalue weighted by Gasteiger charge is 2.62. The van der Waals surface area contributed by atoms with Gasteiger partial charge in [-0.3, -0.25) is 0 Å². The molecule has 0 saturated heterocycles. The average Bonchev–Trinajstić information content (AvgIpc) is 2.42. The van der Waals surface area contributed by atoms with E-state index >= 15 is 0 Å². The van der Waals surface area contributed by atoms with Crippen LogP contribution in [0.1, 0.15) is 31.7 Å². The molecule has 0 radical (unpaired) electrons. The van der Waals surface area contributed by atoms with Crippen molar-refractivity contribution in [2.45, 2.75) is 38.0 Å². The molecule has 0 spiro atoms. The largest absolute Gasteiger partial charge is 0.478 e. The molecule has 2 rings (SSSR count). The predicted octanol–water partition coefficient (Wildman–Crippen LogP) is 4.69. The molecule has 0 fully saturated rings. The first-order valence-electron chi connectivity index (χ1n) is 6.72. The van der Waals surface area contributed by atoms with E-state index in [0.29, 0.717) is 6.42 Å². The Kier molecular flexibility index (Phi) is 4.42. The lowest BCUT2D eigenvalue weighted by Gasteiger charge is -2.39. The third kappa shape index (κ3) is 2.79. The van der Waals surface area contributed by atoms with Crippen LogP contribution in [0.2, 0.25) is 5.02 Å². The summed E-state index contributed by atoms with van der Waals surface area (Å²) in [6, 6.07) is 4.10. The van der Waals surface area contributed by atoms with E-state index in [-0.39, 0.29) is 22.8 Å². The Bertz CT molecular complexity index is 625. The van der Waals surface area contributed by atoms with Gasteiger partial charge in [0.25, 0.3) is 0 Å². The van der Waals surface area contributed by atoms with Gasteiger partial charge in [-0.05, 0) is 30.7 Å². The molecule has 1 atom stereocenters. The van der Waals surface area contributed by atoms with Crippen molar-refractivity contribution in [3.63, 3.8) is 0 Å². The Morgan fingerprint density at radius 2 is 2.09 bits per heavy atom. The Morgan fingerprint density at radius 3 is 2.64 bits per heavy atom. The van der Waals surface area contributed by atoms with Crippen molar-refractivity contribution in [1.82, 2.24) is 0 Å². The zero-order chi connectivity index (χ0) is 16.5. The standard InChI is InChI=1S/C15H14ClF3O3/c1-2-3-6-14(15(17,18)19)11(13(20)21)8-9-7-10(16)4-5-12(9)22-14/h4-5,7-8H,2-3,6H2,1H3,(H,20,21). The number of ether oxygens (including phenoxy) is 1. The molecule has 1 unspecified atom stereocenters. The van der Waals surface area contributed by atoms with Crippen LogP contribution in [0, 0.1) is 0 Å². The highest BCUT2D eigenvalue weighted by atomic mass is 35.5. The van der Waals surface area contributed by atoms with Gasteiger partial charge in [-0.2, -0.15) is 13.2 Å². The van der Waals surface area contributed by atoms with Gasteiger partial charge in [0.15, 0.2) is 0 Å². The number of halogens is 4. The van der Waals surface area contributed by atoms with Crippen molar-refractivity contribution in [2.75, 3.05) is 0 Å². The molecule has 0 aromatic heterocycles. The zero-order valence-corrected chi connectivity index (χ0v) is 12.5. The number of unbranched alkanes of at least 4 members (excludes halogenated alkanes) is 1. The maximum atomic E-state index is 13.6. The molecule has 1 heterocycles. The number of rotatable bonds is 4. The highest BCUT2D eigenvalue weighted by molar-refractivity contribution is 6.30. The van der Waals surface area contributed by atoms with Crippen molar-refractivity contribution in [2.24, 2.45) is 0 Å². The number of carbonyl (C=O) groups is 1. The smallest absolute Gasteiger partial charge is 0.432 e. The molecule has 0 saturated carbocycles. The maximum absolute atomic E-state index is 13.6. The van der Waals surface area contributed by atoms with Crippen LogP contribution in [0.15, 0.2) is 23.8 Å². The molecular formula is C15H14ClF3O3. The van der Waals surface area contributed by atoms with Crippen LogP contribution in [0.5, 0.6) is 5.75 Å².